The summed E-state index contributed by atoms with van der Waals surface area (Å²) in [5, 5.41) is 4.14. The van der Waals surface area contributed by atoms with Crippen LogP contribution in [-0.2, 0) is 0 Å². The number of rotatable bonds is 0. The van der Waals surface area contributed by atoms with E-state index >= 15 is 0 Å². The van der Waals surface area contributed by atoms with Crippen molar-refractivity contribution in [1.82, 2.24) is 5.43 Å². The van der Waals surface area contributed by atoms with Gasteiger partial charge in [-0.25, -0.2) is 0 Å². The van der Waals surface area contributed by atoms with Crippen LogP contribution in [0.1, 0.15) is 41.5 Å². The van der Waals surface area contributed by atoms with Gasteiger partial charge in [0.25, 0.3) is 0 Å². The number of nitrogens with one attached hydrogen (secondary N) is 1. The van der Waals surface area contributed by atoms with Crippen molar-refractivity contribution >= 4 is 6.21 Å². The van der Waals surface area contributed by atoms with Gasteiger partial charge in [0, 0.05) is 18.3 Å². The van der Waals surface area contributed by atoms with Crippen LogP contribution in [0.3, 0.4) is 0 Å². The van der Waals surface area contributed by atoms with Crippen LogP contribution in [0.4, 0.5) is 0 Å². The van der Waals surface area contributed by atoms with Crippen LogP contribution in [0.25, 0.3) is 0 Å². The molecular weight excluding hydrogens is 172 g/mol. The Balaban J connectivity index is 2.99. The lowest BCUT2D eigenvalue weighted by Crippen LogP contribution is -2.33. The van der Waals surface area contributed by atoms with Gasteiger partial charge in [-0.1, -0.05) is 41.5 Å². The van der Waals surface area contributed by atoms with E-state index in [0.29, 0.717) is 5.92 Å². The van der Waals surface area contributed by atoms with Crippen molar-refractivity contribution in [1.29, 1.82) is 0 Å². The molecule has 80 valence electrons. The van der Waals surface area contributed by atoms with E-state index in [2.05, 4.69) is 58.3 Å². The van der Waals surface area contributed by atoms with Crippen molar-refractivity contribution in [3.05, 3.63) is 11.8 Å². The number of allylic oxidation sites excluding steroid dienone is 1. The van der Waals surface area contributed by atoms with E-state index in [1.807, 2.05) is 6.21 Å². The summed E-state index contributed by atoms with van der Waals surface area (Å²) < 4.78 is 0. The van der Waals surface area contributed by atoms with Gasteiger partial charge in [0.05, 0.1) is 0 Å². The molecule has 1 unspecified atom stereocenters. The fourth-order valence-corrected chi connectivity index (χ4v) is 1.77. The molecule has 0 amide bonds. The van der Waals surface area contributed by atoms with E-state index in [4.69, 9.17) is 0 Å². The van der Waals surface area contributed by atoms with Crippen molar-refractivity contribution < 1.29 is 0 Å². The Bertz CT molecular complexity index is 261. The molecule has 2 nitrogen and oxygen atoms in total. The zero-order valence-corrected chi connectivity index (χ0v) is 10.2. The zero-order chi connectivity index (χ0) is 11.0. The van der Waals surface area contributed by atoms with Crippen LogP contribution >= 0.6 is 0 Å². The Labute approximate surface area is 87.5 Å². The van der Waals surface area contributed by atoms with Crippen LogP contribution in [0.5, 0.6) is 0 Å². The number of hydrazone groups is 1. The summed E-state index contributed by atoms with van der Waals surface area (Å²) in [7, 11) is 0. The number of hydrogen-bond acceptors (Lipinski definition) is 2. The van der Waals surface area contributed by atoms with Gasteiger partial charge >= 0.3 is 0 Å². The molecule has 0 aromatic rings. The first kappa shape index (κ1) is 11.3. The smallest absolute Gasteiger partial charge is 0.0324 e. The molecule has 0 spiro atoms. The maximum absolute atomic E-state index is 4.14. The molecule has 1 rings (SSSR count). The predicted molar refractivity (Wildman–Crippen MR) is 62.1 cm³/mol. The topological polar surface area (TPSA) is 24.4 Å². The predicted octanol–water partition coefficient (Wildman–Crippen LogP) is 3.17. The molecule has 1 aliphatic heterocycles. The Kier molecular flexibility index (Phi) is 2.75. The highest BCUT2D eigenvalue weighted by Crippen LogP contribution is 2.40. The molecule has 1 heterocycles. The summed E-state index contributed by atoms with van der Waals surface area (Å²) in [6.45, 7) is 13.5. The van der Waals surface area contributed by atoms with E-state index in [1.54, 1.807) is 0 Å². The molecular formula is C12H22N2. The highest BCUT2D eigenvalue weighted by molar-refractivity contribution is 5.67. The van der Waals surface area contributed by atoms with Crippen molar-refractivity contribution in [2.75, 3.05) is 0 Å². The molecule has 2 heteroatoms. The summed E-state index contributed by atoms with van der Waals surface area (Å²) >= 11 is 0. The molecule has 0 aromatic carbocycles. The zero-order valence-electron chi connectivity index (χ0n) is 10.2. The van der Waals surface area contributed by atoms with E-state index < -0.39 is 0 Å². The molecule has 0 bridgehead atoms. The van der Waals surface area contributed by atoms with Gasteiger partial charge in [-0.2, -0.15) is 5.10 Å². The molecule has 1 N–H and O–H groups in total. The van der Waals surface area contributed by atoms with E-state index in [9.17, 15) is 0 Å². The lowest BCUT2D eigenvalue weighted by molar-refractivity contribution is 0.303. The van der Waals surface area contributed by atoms with E-state index in [0.717, 1.165) is 0 Å². The second-order valence-corrected chi connectivity index (χ2v) is 6.10. The average Bonchev–Trinajstić information content (AvgIpc) is 2.01. The molecule has 0 fully saturated rings. The fraction of sp³-hybridized carbons (Fsp3) is 0.750. The molecule has 1 atom stereocenters. The van der Waals surface area contributed by atoms with E-state index in [1.165, 1.54) is 5.57 Å². The van der Waals surface area contributed by atoms with Gasteiger partial charge < -0.3 is 0 Å². The molecule has 0 saturated carbocycles. The maximum Gasteiger partial charge on any atom is 0.0324 e. The first-order valence-corrected chi connectivity index (χ1v) is 5.22. The second-order valence-electron chi connectivity index (χ2n) is 6.10. The summed E-state index contributed by atoms with van der Waals surface area (Å²) in [6, 6.07) is 0. The van der Waals surface area contributed by atoms with Gasteiger partial charge in [0.2, 0.25) is 0 Å². The van der Waals surface area contributed by atoms with Crippen LogP contribution in [0.2, 0.25) is 0 Å². The normalized spacial score (nSPS) is 23.0. The quantitative estimate of drug-likeness (QED) is 0.629. The molecule has 0 radical (unpaired) electrons. The summed E-state index contributed by atoms with van der Waals surface area (Å²) in [5.74, 6) is 0.434. The van der Waals surface area contributed by atoms with Crippen LogP contribution in [0, 0.1) is 16.7 Å². The molecule has 0 aliphatic carbocycles. The number of hydrogen-bond donors (Lipinski definition) is 1. The minimum absolute atomic E-state index is 0.206. The van der Waals surface area contributed by atoms with Gasteiger partial charge in [-0.05, 0) is 16.4 Å². The molecule has 0 saturated heterocycles. The third-order valence-corrected chi connectivity index (χ3v) is 2.65. The van der Waals surface area contributed by atoms with Gasteiger partial charge in [-0.3, -0.25) is 5.43 Å². The Morgan fingerprint density at radius 3 is 2.07 bits per heavy atom. The Morgan fingerprint density at radius 1 is 1.14 bits per heavy atom. The van der Waals surface area contributed by atoms with Gasteiger partial charge in [0.1, 0.15) is 0 Å². The standard InChI is InChI=1S/C12H22N2/c1-11(2,3)9-7-13-14-8-10(9)12(4,5)6/h7-9,14H,1-6H3. The lowest BCUT2D eigenvalue weighted by Gasteiger charge is -2.37. The first-order valence-electron chi connectivity index (χ1n) is 5.22. The fourth-order valence-electron chi connectivity index (χ4n) is 1.77. The van der Waals surface area contributed by atoms with Gasteiger partial charge in [0.15, 0.2) is 0 Å². The molecule has 1 aliphatic rings. The third-order valence-electron chi connectivity index (χ3n) is 2.65. The minimum Gasteiger partial charge on any atom is -0.286 e. The highest BCUT2D eigenvalue weighted by Gasteiger charge is 2.33. The lowest BCUT2D eigenvalue weighted by atomic mass is 9.69. The Morgan fingerprint density at radius 2 is 1.71 bits per heavy atom. The monoisotopic (exact) mass is 194 g/mol. The van der Waals surface area contributed by atoms with Crippen LogP contribution in [-0.4, -0.2) is 6.21 Å². The van der Waals surface area contributed by atoms with Crippen molar-refractivity contribution in [3.8, 4) is 0 Å². The Hall–Kier alpha value is -0.790. The number of nitrogens with zero attached hydrogens (tertiary/aromatic N) is 1. The van der Waals surface area contributed by atoms with Crippen molar-refractivity contribution in [2.45, 2.75) is 41.5 Å². The average molecular weight is 194 g/mol. The first-order chi connectivity index (χ1) is 6.23. The summed E-state index contributed by atoms with van der Waals surface area (Å²) in [4.78, 5) is 0. The van der Waals surface area contributed by atoms with E-state index in [-0.39, 0.29) is 10.8 Å². The molecule has 14 heavy (non-hydrogen) atoms. The minimum atomic E-state index is 0.206. The summed E-state index contributed by atoms with van der Waals surface area (Å²) in [5.41, 5.74) is 4.83. The SMILES string of the molecule is CC(C)(C)C1=CNN=CC1C(C)(C)C. The van der Waals surface area contributed by atoms with Crippen LogP contribution < -0.4 is 5.43 Å². The van der Waals surface area contributed by atoms with Crippen molar-refractivity contribution in [2.24, 2.45) is 21.8 Å². The third kappa shape index (κ3) is 2.37. The van der Waals surface area contributed by atoms with Gasteiger partial charge in [-0.15, -0.1) is 0 Å². The highest BCUT2D eigenvalue weighted by atomic mass is 15.3. The largest absolute Gasteiger partial charge is 0.286 e. The van der Waals surface area contributed by atoms with Crippen molar-refractivity contribution in [3.63, 3.8) is 0 Å². The van der Waals surface area contributed by atoms with Crippen LogP contribution in [0.15, 0.2) is 16.9 Å². The second kappa shape index (κ2) is 3.41. The molecule has 0 aromatic heterocycles. The maximum atomic E-state index is 4.14. The summed E-state index contributed by atoms with van der Waals surface area (Å²) in [6.07, 6.45) is 4.08.